The van der Waals surface area contributed by atoms with Crippen LogP contribution in [0.1, 0.15) is 12.5 Å². The molecule has 6 nitrogen and oxygen atoms in total. The predicted molar refractivity (Wildman–Crippen MR) is 69.9 cm³/mol. The van der Waals surface area contributed by atoms with Crippen LogP contribution in [0.25, 0.3) is 6.08 Å². The Morgan fingerprint density at radius 1 is 1.58 bits per heavy atom. The zero-order chi connectivity index (χ0) is 14.3. The molecular formula is C13H13N3O3. The molecule has 1 aromatic carbocycles. The lowest BCUT2D eigenvalue weighted by Crippen LogP contribution is -2.25. The average Bonchev–Trinajstić information content (AvgIpc) is 2.42. The van der Waals surface area contributed by atoms with E-state index < -0.39 is 4.92 Å². The second kappa shape index (κ2) is 6.91. The Morgan fingerprint density at radius 3 is 2.89 bits per heavy atom. The zero-order valence-corrected chi connectivity index (χ0v) is 10.4. The summed E-state index contributed by atoms with van der Waals surface area (Å²) in [6, 6.07) is 8.13. The van der Waals surface area contributed by atoms with E-state index in [-0.39, 0.29) is 24.1 Å². The molecule has 1 atom stereocenters. The van der Waals surface area contributed by atoms with Crippen molar-refractivity contribution in [2.75, 3.05) is 6.54 Å². The van der Waals surface area contributed by atoms with Gasteiger partial charge in [-0.15, -0.1) is 0 Å². The fourth-order valence-electron chi connectivity index (χ4n) is 1.32. The number of nitro benzene ring substituents is 1. The van der Waals surface area contributed by atoms with Gasteiger partial charge in [0, 0.05) is 18.7 Å². The number of carbonyl (C=O) groups excluding carboxylic acids is 1. The molecule has 0 bridgehead atoms. The number of rotatable bonds is 5. The summed E-state index contributed by atoms with van der Waals surface area (Å²) in [5.41, 5.74) is 0.299. The van der Waals surface area contributed by atoms with Gasteiger partial charge in [-0.1, -0.05) is 12.1 Å². The van der Waals surface area contributed by atoms with Gasteiger partial charge in [-0.05, 0) is 19.1 Å². The molecule has 98 valence electrons. The minimum atomic E-state index is -0.505. The third kappa shape index (κ3) is 4.60. The molecule has 1 N–H and O–H groups in total. The number of carbonyl (C=O) groups is 1. The van der Waals surface area contributed by atoms with Crippen molar-refractivity contribution in [3.8, 4) is 6.07 Å². The highest BCUT2D eigenvalue weighted by atomic mass is 16.6. The van der Waals surface area contributed by atoms with E-state index in [0.29, 0.717) is 5.56 Å². The average molecular weight is 259 g/mol. The fraction of sp³-hybridized carbons (Fsp3) is 0.231. The van der Waals surface area contributed by atoms with Crippen LogP contribution < -0.4 is 5.32 Å². The molecule has 0 aliphatic carbocycles. The van der Waals surface area contributed by atoms with Crippen molar-refractivity contribution in [1.29, 1.82) is 5.26 Å². The summed E-state index contributed by atoms with van der Waals surface area (Å²) in [7, 11) is 0. The first kappa shape index (κ1) is 14.4. The molecule has 0 aliphatic heterocycles. The number of para-hydroxylation sites is 1. The maximum atomic E-state index is 11.4. The van der Waals surface area contributed by atoms with Crippen molar-refractivity contribution < 1.29 is 9.72 Å². The first-order valence-electron chi connectivity index (χ1n) is 5.63. The molecule has 0 fully saturated rings. The minimum Gasteiger partial charge on any atom is -0.351 e. The Hall–Kier alpha value is -2.68. The van der Waals surface area contributed by atoms with Crippen LogP contribution >= 0.6 is 0 Å². The number of nitro groups is 1. The maximum Gasteiger partial charge on any atom is 0.276 e. The molecule has 0 spiro atoms. The van der Waals surface area contributed by atoms with Crippen molar-refractivity contribution in [3.63, 3.8) is 0 Å². The second-order valence-corrected chi connectivity index (χ2v) is 3.92. The van der Waals surface area contributed by atoms with Crippen LogP contribution in [-0.4, -0.2) is 17.4 Å². The first-order chi connectivity index (χ1) is 9.04. The topological polar surface area (TPSA) is 96.0 Å². The molecule has 0 aromatic heterocycles. The van der Waals surface area contributed by atoms with Gasteiger partial charge >= 0.3 is 0 Å². The Balaban J connectivity index is 2.69. The summed E-state index contributed by atoms with van der Waals surface area (Å²) in [4.78, 5) is 21.7. The first-order valence-corrected chi connectivity index (χ1v) is 5.63. The van der Waals surface area contributed by atoms with E-state index in [2.05, 4.69) is 5.32 Å². The number of hydrogen-bond donors (Lipinski definition) is 1. The van der Waals surface area contributed by atoms with E-state index in [1.807, 2.05) is 6.07 Å². The molecule has 0 saturated carbocycles. The van der Waals surface area contributed by atoms with Crippen molar-refractivity contribution in [2.24, 2.45) is 5.92 Å². The highest BCUT2D eigenvalue weighted by Gasteiger charge is 2.09. The number of nitrogens with one attached hydrogen (secondary N) is 1. The Morgan fingerprint density at radius 2 is 2.26 bits per heavy atom. The lowest BCUT2D eigenvalue weighted by molar-refractivity contribution is -0.385. The van der Waals surface area contributed by atoms with Gasteiger partial charge < -0.3 is 5.32 Å². The van der Waals surface area contributed by atoms with Crippen LogP contribution in [-0.2, 0) is 4.79 Å². The second-order valence-electron chi connectivity index (χ2n) is 3.92. The SMILES string of the molecule is C[C@H](C#N)CNC(=O)/C=C\c1ccccc1[N+](=O)[O-]. The number of nitrogens with zero attached hydrogens (tertiary/aromatic N) is 2. The Labute approximate surface area is 110 Å². The Bertz CT molecular complexity index is 546. The van der Waals surface area contributed by atoms with Crippen LogP contribution in [0.5, 0.6) is 0 Å². The van der Waals surface area contributed by atoms with Crippen molar-refractivity contribution in [3.05, 3.63) is 46.0 Å². The largest absolute Gasteiger partial charge is 0.351 e. The molecule has 1 aromatic rings. The van der Waals surface area contributed by atoms with Crippen LogP contribution in [0.4, 0.5) is 5.69 Å². The molecule has 0 saturated heterocycles. The normalized spacial score (nSPS) is 11.8. The maximum absolute atomic E-state index is 11.4. The minimum absolute atomic E-state index is 0.0584. The van der Waals surface area contributed by atoms with Crippen LogP contribution in [0.3, 0.4) is 0 Å². The highest BCUT2D eigenvalue weighted by Crippen LogP contribution is 2.18. The summed E-state index contributed by atoms with van der Waals surface area (Å²) in [6.07, 6.45) is 2.59. The van der Waals surface area contributed by atoms with E-state index in [1.165, 1.54) is 18.2 Å². The van der Waals surface area contributed by atoms with Crippen LogP contribution in [0.15, 0.2) is 30.3 Å². The number of nitriles is 1. The Kier molecular flexibility index (Phi) is 5.23. The van der Waals surface area contributed by atoms with Gasteiger partial charge in [0.05, 0.1) is 22.5 Å². The van der Waals surface area contributed by atoms with E-state index >= 15 is 0 Å². The molecule has 1 rings (SSSR count). The van der Waals surface area contributed by atoms with Gasteiger partial charge in [-0.2, -0.15) is 5.26 Å². The summed E-state index contributed by atoms with van der Waals surface area (Å²) in [6.45, 7) is 1.93. The van der Waals surface area contributed by atoms with Gasteiger partial charge in [0.2, 0.25) is 5.91 Å². The van der Waals surface area contributed by atoms with Gasteiger partial charge in [0.25, 0.3) is 5.69 Å². The molecular weight excluding hydrogens is 246 g/mol. The quantitative estimate of drug-likeness (QED) is 0.496. The fourth-order valence-corrected chi connectivity index (χ4v) is 1.32. The van der Waals surface area contributed by atoms with E-state index in [0.717, 1.165) is 0 Å². The van der Waals surface area contributed by atoms with Gasteiger partial charge in [-0.25, -0.2) is 0 Å². The third-order valence-electron chi connectivity index (χ3n) is 2.35. The summed E-state index contributed by atoms with van der Waals surface area (Å²) in [5, 5.41) is 21.8. The summed E-state index contributed by atoms with van der Waals surface area (Å²) >= 11 is 0. The monoisotopic (exact) mass is 259 g/mol. The smallest absolute Gasteiger partial charge is 0.276 e. The molecule has 1 amide bonds. The summed E-state index contributed by atoms with van der Waals surface area (Å²) in [5.74, 6) is -0.663. The molecule has 0 unspecified atom stereocenters. The van der Waals surface area contributed by atoms with Gasteiger partial charge in [-0.3, -0.25) is 14.9 Å². The van der Waals surface area contributed by atoms with E-state index in [4.69, 9.17) is 5.26 Å². The molecule has 0 heterocycles. The molecule has 19 heavy (non-hydrogen) atoms. The standard InChI is InChI=1S/C13H13N3O3/c1-10(8-14)9-15-13(17)7-6-11-4-2-3-5-12(11)16(18)19/h2-7,10H,9H2,1H3,(H,15,17)/b7-6-/t10-/m1/s1. The molecule has 0 radical (unpaired) electrons. The van der Waals surface area contributed by atoms with Crippen molar-refractivity contribution in [1.82, 2.24) is 5.32 Å². The summed E-state index contributed by atoms with van der Waals surface area (Å²) < 4.78 is 0. The van der Waals surface area contributed by atoms with Crippen molar-refractivity contribution >= 4 is 17.7 Å². The molecule has 0 aliphatic rings. The van der Waals surface area contributed by atoms with E-state index in [1.54, 1.807) is 25.1 Å². The van der Waals surface area contributed by atoms with Crippen molar-refractivity contribution in [2.45, 2.75) is 6.92 Å². The number of amides is 1. The number of benzene rings is 1. The predicted octanol–water partition coefficient (Wildman–Crippen LogP) is 1.88. The highest BCUT2D eigenvalue weighted by molar-refractivity contribution is 5.92. The lowest BCUT2D eigenvalue weighted by Gasteiger charge is -2.02. The lowest BCUT2D eigenvalue weighted by atomic mass is 10.1. The van der Waals surface area contributed by atoms with Crippen LogP contribution in [0.2, 0.25) is 0 Å². The number of hydrogen-bond acceptors (Lipinski definition) is 4. The van der Waals surface area contributed by atoms with Gasteiger partial charge in [0.1, 0.15) is 0 Å². The van der Waals surface area contributed by atoms with Gasteiger partial charge in [0.15, 0.2) is 0 Å². The molecule has 6 heteroatoms. The van der Waals surface area contributed by atoms with Crippen LogP contribution in [0, 0.1) is 27.4 Å². The third-order valence-corrected chi connectivity index (χ3v) is 2.35. The van der Waals surface area contributed by atoms with E-state index in [9.17, 15) is 14.9 Å². The zero-order valence-electron chi connectivity index (χ0n) is 10.4.